The fourth-order valence-corrected chi connectivity index (χ4v) is 1.88. The minimum absolute atomic E-state index is 0.0171. The number of aryl methyl sites for hydroxylation is 1. The second-order valence-corrected chi connectivity index (χ2v) is 5.86. The van der Waals surface area contributed by atoms with Crippen LogP contribution in [0.15, 0.2) is 41.3 Å². The Balaban J connectivity index is 1.88. The summed E-state index contributed by atoms with van der Waals surface area (Å²) in [6.07, 6.45) is 3.92. The highest BCUT2D eigenvalue weighted by Gasteiger charge is 2.13. The zero-order chi connectivity index (χ0) is 14.6. The number of benzene rings is 1. The lowest BCUT2D eigenvalue weighted by Crippen LogP contribution is -2.14. The standard InChI is InChI=1S/C16H20N2O2/c1-16(2,3)12-4-6-13(7-5-12)18-15(19)9-8-14-10-20-11-17-14/h4-7,10-11H,8-9H2,1-3H3,(H,18,19). The zero-order valence-electron chi connectivity index (χ0n) is 12.1. The molecular weight excluding hydrogens is 252 g/mol. The highest BCUT2D eigenvalue weighted by molar-refractivity contribution is 5.90. The monoisotopic (exact) mass is 272 g/mol. The van der Waals surface area contributed by atoms with Crippen molar-refractivity contribution in [3.05, 3.63) is 48.2 Å². The molecule has 0 aliphatic heterocycles. The third kappa shape index (κ3) is 3.95. The predicted octanol–water partition coefficient (Wildman–Crippen LogP) is 3.54. The van der Waals surface area contributed by atoms with Crippen molar-refractivity contribution < 1.29 is 9.21 Å². The molecule has 1 aromatic heterocycles. The average Bonchev–Trinajstić information content (AvgIpc) is 2.89. The smallest absolute Gasteiger partial charge is 0.224 e. The van der Waals surface area contributed by atoms with E-state index in [1.54, 1.807) is 6.26 Å². The fraction of sp³-hybridized carbons (Fsp3) is 0.375. The quantitative estimate of drug-likeness (QED) is 0.926. The normalized spacial score (nSPS) is 11.3. The van der Waals surface area contributed by atoms with Gasteiger partial charge in [0.05, 0.1) is 5.69 Å². The van der Waals surface area contributed by atoms with Crippen LogP contribution in [0.1, 0.15) is 38.4 Å². The summed E-state index contributed by atoms with van der Waals surface area (Å²) in [5.74, 6) is -0.0171. The summed E-state index contributed by atoms with van der Waals surface area (Å²) in [6, 6.07) is 7.98. The van der Waals surface area contributed by atoms with E-state index in [1.165, 1.54) is 12.0 Å². The summed E-state index contributed by atoms with van der Waals surface area (Å²) in [5, 5.41) is 2.89. The molecule has 0 atom stereocenters. The van der Waals surface area contributed by atoms with Gasteiger partial charge in [-0.3, -0.25) is 4.79 Å². The van der Waals surface area contributed by atoms with Crippen LogP contribution in [-0.2, 0) is 16.6 Å². The van der Waals surface area contributed by atoms with Gasteiger partial charge in [0.25, 0.3) is 0 Å². The Labute approximate surface area is 119 Å². The molecule has 106 valence electrons. The first-order chi connectivity index (χ1) is 9.45. The summed E-state index contributed by atoms with van der Waals surface area (Å²) >= 11 is 0. The number of rotatable bonds is 4. The summed E-state index contributed by atoms with van der Waals surface area (Å²) < 4.78 is 4.87. The van der Waals surface area contributed by atoms with Gasteiger partial charge in [0.15, 0.2) is 6.39 Å². The molecule has 0 saturated carbocycles. The Morgan fingerprint density at radius 2 is 1.95 bits per heavy atom. The summed E-state index contributed by atoms with van der Waals surface area (Å²) in [6.45, 7) is 6.50. The lowest BCUT2D eigenvalue weighted by Gasteiger charge is -2.19. The molecule has 0 radical (unpaired) electrons. The molecule has 0 unspecified atom stereocenters. The number of hydrogen-bond acceptors (Lipinski definition) is 3. The predicted molar refractivity (Wildman–Crippen MR) is 78.6 cm³/mol. The van der Waals surface area contributed by atoms with Crippen LogP contribution in [-0.4, -0.2) is 10.9 Å². The minimum atomic E-state index is -0.0171. The van der Waals surface area contributed by atoms with E-state index in [4.69, 9.17) is 4.42 Å². The maximum Gasteiger partial charge on any atom is 0.224 e. The van der Waals surface area contributed by atoms with E-state index < -0.39 is 0 Å². The third-order valence-electron chi connectivity index (χ3n) is 3.13. The van der Waals surface area contributed by atoms with Crippen LogP contribution < -0.4 is 5.32 Å². The first-order valence-corrected chi connectivity index (χ1v) is 6.72. The number of hydrogen-bond donors (Lipinski definition) is 1. The number of nitrogens with one attached hydrogen (secondary N) is 1. The summed E-state index contributed by atoms with van der Waals surface area (Å²) in [4.78, 5) is 15.8. The van der Waals surface area contributed by atoms with Crippen LogP contribution in [0.4, 0.5) is 5.69 Å². The second kappa shape index (κ2) is 5.90. The first-order valence-electron chi connectivity index (χ1n) is 6.72. The highest BCUT2D eigenvalue weighted by Crippen LogP contribution is 2.23. The molecule has 4 nitrogen and oxygen atoms in total. The van der Waals surface area contributed by atoms with E-state index >= 15 is 0 Å². The molecule has 0 fully saturated rings. The fourth-order valence-electron chi connectivity index (χ4n) is 1.88. The van der Waals surface area contributed by atoms with Gasteiger partial charge in [-0.15, -0.1) is 0 Å². The van der Waals surface area contributed by atoms with Crippen molar-refractivity contribution in [2.24, 2.45) is 0 Å². The SMILES string of the molecule is CC(C)(C)c1ccc(NC(=O)CCc2cocn2)cc1. The van der Waals surface area contributed by atoms with Gasteiger partial charge in [-0.1, -0.05) is 32.9 Å². The minimum Gasteiger partial charge on any atom is -0.451 e. The zero-order valence-corrected chi connectivity index (χ0v) is 12.1. The van der Waals surface area contributed by atoms with Gasteiger partial charge >= 0.3 is 0 Å². The number of carbonyl (C=O) groups is 1. The van der Waals surface area contributed by atoms with Crippen LogP contribution >= 0.6 is 0 Å². The molecule has 1 heterocycles. The molecule has 0 aliphatic carbocycles. The molecule has 0 bridgehead atoms. The van der Waals surface area contributed by atoms with Gasteiger partial charge in [-0.2, -0.15) is 0 Å². The number of amides is 1. The Morgan fingerprint density at radius 3 is 2.50 bits per heavy atom. The molecule has 1 aromatic carbocycles. The molecule has 2 rings (SSSR count). The van der Waals surface area contributed by atoms with Crippen LogP contribution in [0.5, 0.6) is 0 Å². The third-order valence-corrected chi connectivity index (χ3v) is 3.13. The van der Waals surface area contributed by atoms with E-state index in [9.17, 15) is 4.79 Å². The van der Waals surface area contributed by atoms with Gasteiger partial charge < -0.3 is 9.73 Å². The number of carbonyl (C=O) groups excluding carboxylic acids is 1. The molecule has 0 saturated heterocycles. The van der Waals surface area contributed by atoms with Crippen LogP contribution in [0.2, 0.25) is 0 Å². The Bertz CT molecular complexity index is 551. The molecule has 0 spiro atoms. The maximum absolute atomic E-state index is 11.8. The van der Waals surface area contributed by atoms with Gasteiger partial charge in [-0.05, 0) is 23.1 Å². The lowest BCUT2D eigenvalue weighted by molar-refractivity contribution is -0.116. The lowest BCUT2D eigenvalue weighted by atomic mass is 9.87. The van der Waals surface area contributed by atoms with Gasteiger partial charge in [0.2, 0.25) is 5.91 Å². The molecule has 2 aromatic rings. The molecule has 4 heteroatoms. The van der Waals surface area contributed by atoms with Crippen molar-refractivity contribution in [2.75, 3.05) is 5.32 Å². The van der Waals surface area contributed by atoms with E-state index in [1.807, 2.05) is 24.3 Å². The molecule has 1 N–H and O–H groups in total. The van der Waals surface area contributed by atoms with Crippen LogP contribution in [0.3, 0.4) is 0 Å². The van der Waals surface area contributed by atoms with E-state index in [2.05, 4.69) is 31.1 Å². The summed E-state index contributed by atoms with van der Waals surface area (Å²) in [5.41, 5.74) is 2.99. The number of aromatic nitrogens is 1. The van der Waals surface area contributed by atoms with Crippen molar-refractivity contribution in [2.45, 2.75) is 39.0 Å². The van der Waals surface area contributed by atoms with Crippen LogP contribution in [0, 0.1) is 0 Å². The van der Waals surface area contributed by atoms with Crippen LogP contribution in [0.25, 0.3) is 0 Å². The Hall–Kier alpha value is -2.10. The van der Waals surface area contributed by atoms with Crippen molar-refractivity contribution in [3.63, 3.8) is 0 Å². The van der Waals surface area contributed by atoms with Gasteiger partial charge in [0, 0.05) is 18.5 Å². The Morgan fingerprint density at radius 1 is 1.25 bits per heavy atom. The highest BCUT2D eigenvalue weighted by atomic mass is 16.3. The number of nitrogens with zero attached hydrogens (tertiary/aromatic N) is 1. The van der Waals surface area contributed by atoms with Crippen molar-refractivity contribution in [1.82, 2.24) is 4.98 Å². The number of oxazole rings is 1. The molecule has 0 aliphatic rings. The number of anilines is 1. The van der Waals surface area contributed by atoms with Gasteiger partial charge in [-0.25, -0.2) is 4.98 Å². The van der Waals surface area contributed by atoms with Crippen molar-refractivity contribution in [1.29, 1.82) is 0 Å². The molecule has 1 amide bonds. The van der Waals surface area contributed by atoms with E-state index in [-0.39, 0.29) is 11.3 Å². The van der Waals surface area contributed by atoms with E-state index in [0.717, 1.165) is 11.4 Å². The largest absolute Gasteiger partial charge is 0.451 e. The van der Waals surface area contributed by atoms with Crippen molar-refractivity contribution >= 4 is 11.6 Å². The topological polar surface area (TPSA) is 55.1 Å². The molecular formula is C16H20N2O2. The average molecular weight is 272 g/mol. The Kier molecular flexibility index (Phi) is 4.23. The van der Waals surface area contributed by atoms with Crippen molar-refractivity contribution in [3.8, 4) is 0 Å². The second-order valence-electron chi connectivity index (χ2n) is 5.86. The summed E-state index contributed by atoms with van der Waals surface area (Å²) in [7, 11) is 0. The first kappa shape index (κ1) is 14.3. The van der Waals surface area contributed by atoms with Gasteiger partial charge in [0.1, 0.15) is 6.26 Å². The molecule has 20 heavy (non-hydrogen) atoms. The van der Waals surface area contributed by atoms with E-state index in [0.29, 0.717) is 12.8 Å². The maximum atomic E-state index is 11.8.